The van der Waals surface area contributed by atoms with Crippen LogP contribution >= 0.6 is 12.2 Å². The number of ether oxygens (including phenoxy) is 2. The van der Waals surface area contributed by atoms with Gasteiger partial charge in [-0.15, -0.1) is 0 Å². The predicted octanol–water partition coefficient (Wildman–Crippen LogP) is 6.07. The highest BCUT2D eigenvalue weighted by Gasteiger charge is 2.16. The van der Waals surface area contributed by atoms with Crippen molar-refractivity contribution in [3.05, 3.63) is 84.4 Å². The molecular weight excluding hydrogens is 458 g/mol. The fourth-order valence-electron chi connectivity index (χ4n) is 3.53. The lowest BCUT2D eigenvalue weighted by atomic mass is 10.0. The van der Waals surface area contributed by atoms with Gasteiger partial charge in [0, 0.05) is 16.6 Å². The second-order valence-electron chi connectivity index (χ2n) is 8.44. The Morgan fingerprint density at radius 2 is 1.74 bits per heavy atom. The van der Waals surface area contributed by atoms with Gasteiger partial charge < -0.3 is 14.8 Å². The van der Waals surface area contributed by atoms with E-state index in [9.17, 15) is 4.79 Å². The summed E-state index contributed by atoms with van der Waals surface area (Å²) in [5.74, 6) is 1.60. The molecule has 2 N–H and O–H groups in total. The zero-order valence-corrected chi connectivity index (χ0v) is 20.7. The van der Waals surface area contributed by atoms with E-state index in [2.05, 4.69) is 24.5 Å². The van der Waals surface area contributed by atoms with Crippen molar-refractivity contribution in [2.24, 2.45) is 5.92 Å². The van der Waals surface area contributed by atoms with Crippen LogP contribution in [0.15, 0.2) is 78.9 Å². The molecule has 35 heavy (non-hydrogen) atoms. The van der Waals surface area contributed by atoms with Crippen LogP contribution in [0.5, 0.6) is 11.5 Å². The molecule has 7 heteroatoms. The highest BCUT2D eigenvalue weighted by molar-refractivity contribution is 7.80. The third kappa shape index (κ3) is 6.13. The smallest absolute Gasteiger partial charge is 0.258 e. The molecule has 0 radical (unpaired) electrons. The van der Waals surface area contributed by atoms with E-state index in [1.54, 1.807) is 13.2 Å². The first-order valence-electron chi connectivity index (χ1n) is 11.3. The number of amides is 1. The molecule has 4 rings (SSSR count). The fraction of sp³-hybridized carbons (Fsp3) is 0.179. The molecule has 1 heterocycles. The molecule has 178 valence electrons. The van der Waals surface area contributed by atoms with Crippen LogP contribution in [0.25, 0.3) is 22.2 Å². The molecule has 6 nitrogen and oxygen atoms in total. The van der Waals surface area contributed by atoms with Gasteiger partial charge >= 0.3 is 0 Å². The highest BCUT2D eigenvalue weighted by Crippen LogP contribution is 2.27. The third-order valence-electron chi connectivity index (χ3n) is 5.25. The fourth-order valence-corrected chi connectivity index (χ4v) is 3.74. The van der Waals surface area contributed by atoms with Crippen LogP contribution < -0.4 is 20.1 Å². The van der Waals surface area contributed by atoms with E-state index >= 15 is 0 Å². The number of carbonyl (C=O) groups is 1. The standard InChI is InChI=1S/C28H27N3O3S/c1-18(2)17-34-22-8-6-7-19(15-22)26-16-24(23-9-4-5-10-25(23)30-26)27(32)31-28(35)29-20-11-13-21(33-3)14-12-20/h4-16,18H,17H2,1-3H3,(H2,29,31,32,35). The van der Waals surface area contributed by atoms with E-state index in [0.29, 0.717) is 23.8 Å². The van der Waals surface area contributed by atoms with Crippen LogP contribution in [0.1, 0.15) is 24.2 Å². The highest BCUT2D eigenvalue weighted by atomic mass is 32.1. The van der Waals surface area contributed by atoms with Gasteiger partial charge in [-0.3, -0.25) is 10.1 Å². The first kappa shape index (κ1) is 24.2. The predicted molar refractivity (Wildman–Crippen MR) is 144 cm³/mol. The Morgan fingerprint density at radius 3 is 2.49 bits per heavy atom. The van der Waals surface area contributed by atoms with E-state index in [0.717, 1.165) is 33.7 Å². The number of carbonyl (C=O) groups excluding carboxylic acids is 1. The number of thiocarbonyl (C=S) groups is 1. The van der Waals surface area contributed by atoms with Gasteiger partial charge in [0.25, 0.3) is 5.91 Å². The van der Waals surface area contributed by atoms with Gasteiger partial charge in [-0.2, -0.15) is 0 Å². The van der Waals surface area contributed by atoms with Gasteiger partial charge in [0.05, 0.1) is 30.5 Å². The largest absolute Gasteiger partial charge is 0.497 e. The van der Waals surface area contributed by atoms with Gasteiger partial charge in [0.2, 0.25) is 0 Å². The quantitative estimate of drug-likeness (QED) is 0.310. The Labute approximate surface area is 210 Å². The number of benzene rings is 3. The molecule has 0 atom stereocenters. The Morgan fingerprint density at radius 1 is 0.971 bits per heavy atom. The average Bonchev–Trinajstić information content (AvgIpc) is 2.87. The number of nitrogens with one attached hydrogen (secondary N) is 2. The lowest BCUT2D eigenvalue weighted by Gasteiger charge is -2.13. The Hall–Kier alpha value is -3.97. The molecule has 0 saturated carbocycles. The molecule has 0 unspecified atom stereocenters. The van der Waals surface area contributed by atoms with Crippen molar-refractivity contribution >= 4 is 39.8 Å². The Balaban J connectivity index is 1.60. The summed E-state index contributed by atoms with van der Waals surface area (Å²) >= 11 is 5.38. The van der Waals surface area contributed by atoms with Crippen molar-refractivity contribution in [2.45, 2.75) is 13.8 Å². The molecule has 0 aliphatic carbocycles. The molecular formula is C28H27N3O3S. The summed E-state index contributed by atoms with van der Waals surface area (Å²) in [7, 11) is 1.61. The maximum absolute atomic E-state index is 13.3. The van der Waals surface area contributed by atoms with Crippen LogP contribution in [-0.4, -0.2) is 29.7 Å². The van der Waals surface area contributed by atoms with Gasteiger partial charge in [-0.1, -0.05) is 44.2 Å². The van der Waals surface area contributed by atoms with Crippen molar-refractivity contribution in [1.29, 1.82) is 0 Å². The molecule has 0 spiro atoms. The minimum absolute atomic E-state index is 0.201. The maximum atomic E-state index is 13.3. The number of anilines is 1. The van der Waals surface area contributed by atoms with E-state index in [1.807, 2.05) is 72.8 Å². The number of fused-ring (bicyclic) bond motifs is 1. The molecule has 1 amide bonds. The van der Waals surface area contributed by atoms with Crippen molar-refractivity contribution in [3.63, 3.8) is 0 Å². The SMILES string of the molecule is COc1ccc(NC(=S)NC(=O)c2cc(-c3cccc(OCC(C)C)c3)nc3ccccc23)cc1. The monoisotopic (exact) mass is 485 g/mol. The minimum atomic E-state index is -0.317. The average molecular weight is 486 g/mol. The number of hydrogen-bond acceptors (Lipinski definition) is 5. The molecule has 0 aliphatic heterocycles. The Bertz CT molecular complexity index is 1350. The lowest BCUT2D eigenvalue weighted by molar-refractivity contribution is 0.0979. The van der Waals surface area contributed by atoms with Gasteiger partial charge in [0.1, 0.15) is 11.5 Å². The van der Waals surface area contributed by atoms with Crippen LogP contribution in [0, 0.1) is 5.92 Å². The summed E-state index contributed by atoms with van der Waals surface area (Å²) in [6.07, 6.45) is 0. The first-order chi connectivity index (χ1) is 16.9. The van der Waals surface area contributed by atoms with E-state index in [4.69, 9.17) is 26.7 Å². The van der Waals surface area contributed by atoms with Crippen LogP contribution in [-0.2, 0) is 0 Å². The number of aromatic nitrogens is 1. The molecule has 4 aromatic rings. The summed E-state index contributed by atoms with van der Waals surface area (Å²) in [5.41, 5.74) is 3.49. The molecule has 3 aromatic carbocycles. The van der Waals surface area contributed by atoms with Crippen LogP contribution in [0.2, 0.25) is 0 Å². The summed E-state index contributed by atoms with van der Waals surface area (Å²) < 4.78 is 11.1. The molecule has 1 aromatic heterocycles. The normalized spacial score (nSPS) is 10.7. The van der Waals surface area contributed by atoms with Crippen LogP contribution in [0.3, 0.4) is 0 Å². The number of rotatable bonds is 7. The van der Waals surface area contributed by atoms with Gasteiger partial charge in [0.15, 0.2) is 5.11 Å². The first-order valence-corrected chi connectivity index (χ1v) is 11.7. The van der Waals surface area contributed by atoms with E-state index in [-0.39, 0.29) is 11.0 Å². The summed E-state index contributed by atoms with van der Waals surface area (Å²) in [6, 6.07) is 24.4. The van der Waals surface area contributed by atoms with Crippen molar-refractivity contribution in [3.8, 4) is 22.8 Å². The maximum Gasteiger partial charge on any atom is 0.258 e. The van der Waals surface area contributed by atoms with E-state index in [1.165, 1.54) is 0 Å². The summed E-state index contributed by atoms with van der Waals surface area (Å²) in [4.78, 5) is 18.1. The molecule has 0 aliphatic rings. The number of nitrogens with zero attached hydrogens (tertiary/aromatic N) is 1. The second-order valence-corrected chi connectivity index (χ2v) is 8.85. The number of hydrogen-bond donors (Lipinski definition) is 2. The zero-order valence-electron chi connectivity index (χ0n) is 19.9. The number of para-hydroxylation sites is 1. The van der Waals surface area contributed by atoms with Crippen molar-refractivity contribution < 1.29 is 14.3 Å². The van der Waals surface area contributed by atoms with Crippen molar-refractivity contribution in [2.75, 3.05) is 19.0 Å². The van der Waals surface area contributed by atoms with Crippen LogP contribution in [0.4, 0.5) is 5.69 Å². The van der Waals surface area contributed by atoms with Gasteiger partial charge in [-0.05, 0) is 66.7 Å². The molecule has 0 fully saturated rings. The Kier molecular flexibility index (Phi) is 7.57. The minimum Gasteiger partial charge on any atom is -0.497 e. The lowest BCUT2D eigenvalue weighted by Crippen LogP contribution is -2.34. The van der Waals surface area contributed by atoms with Crippen molar-refractivity contribution in [1.82, 2.24) is 10.3 Å². The second kappa shape index (κ2) is 11.0. The molecule has 0 saturated heterocycles. The third-order valence-corrected chi connectivity index (χ3v) is 5.45. The summed E-state index contributed by atoms with van der Waals surface area (Å²) in [5, 5.41) is 6.76. The summed E-state index contributed by atoms with van der Waals surface area (Å²) in [6.45, 7) is 4.84. The number of pyridine rings is 1. The zero-order chi connectivity index (χ0) is 24.8. The number of methoxy groups -OCH3 is 1. The van der Waals surface area contributed by atoms with E-state index < -0.39 is 0 Å². The van der Waals surface area contributed by atoms with Gasteiger partial charge in [-0.25, -0.2) is 4.98 Å². The molecule has 0 bridgehead atoms. The topological polar surface area (TPSA) is 72.5 Å².